The van der Waals surface area contributed by atoms with Gasteiger partial charge in [-0.15, -0.1) is 0 Å². The Morgan fingerprint density at radius 2 is 2.00 bits per heavy atom. The zero-order valence-electron chi connectivity index (χ0n) is 19.5. The highest BCUT2D eigenvalue weighted by atomic mass is 35.5. The zero-order valence-corrected chi connectivity index (χ0v) is 20.2. The standard InChI is InChI=1S/C26H26ClN7O/c1-14-8-23(29)32-15(2)19(14)12-31-26(35)25-24-20(28)4-3-5-22(24)34(33-25)13-16-6-7-21-17(9-16)10-18(27)11-30-21/h3-11,25,33H,12-13,28H2,1-2H3,(H2,29,32)(H,31,35). The number of rotatable bonds is 5. The van der Waals surface area contributed by atoms with E-state index >= 15 is 0 Å². The minimum absolute atomic E-state index is 0.170. The normalized spacial score (nSPS) is 14.8. The fraction of sp³-hybridized carbons (Fsp3) is 0.192. The number of aromatic nitrogens is 2. The fourth-order valence-electron chi connectivity index (χ4n) is 4.60. The number of nitrogen functional groups attached to an aromatic ring is 2. The van der Waals surface area contributed by atoms with Crippen molar-refractivity contribution in [3.05, 3.63) is 87.7 Å². The lowest BCUT2D eigenvalue weighted by Crippen LogP contribution is -2.41. The van der Waals surface area contributed by atoms with Crippen molar-refractivity contribution in [3.8, 4) is 0 Å². The maximum atomic E-state index is 13.3. The SMILES string of the molecule is Cc1cc(N)nc(C)c1CNC(=O)C1NN(Cc2ccc3ncc(Cl)cc3c2)c2cccc(N)c21. The first-order chi connectivity index (χ1) is 16.8. The van der Waals surface area contributed by atoms with Gasteiger partial charge in [0, 0.05) is 35.1 Å². The summed E-state index contributed by atoms with van der Waals surface area (Å²) >= 11 is 6.13. The van der Waals surface area contributed by atoms with Crippen LogP contribution in [0.15, 0.2) is 54.7 Å². The number of benzene rings is 2. The third-order valence-corrected chi connectivity index (χ3v) is 6.52. The molecule has 0 radical (unpaired) electrons. The van der Waals surface area contributed by atoms with E-state index in [2.05, 4.69) is 26.8 Å². The van der Waals surface area contributed by atoms with Gasteiger partial charge in [0.15, 0.2) is 0 Å². The number of carbonyl (C=O) groups is 1. The van der Waals surface area contributed by atoms with E-state index in [1.165, 1.54) is 0 Å². The maximum Gasteiger partial charge on any atom is 0.243 e. The highest BCUT2D eigenvalue weighted by Gasteiger charge is 2.35. The molecule has 2 aromatic carbocycles. The van der Waals surface area contributed by atoms with E-state index in [-0.39, 0.29) is 5.91 Å². The quantitative estimate of drug-likeness (QED) is 0.314. The van der Waals surface area contributed by atoms with Crippen molar-refractivity contribution < 1.29 is 4.79 Å². The average Bonchev–Trinajstić information content (AvgIpc) is 3.17. The van der Waals surface area contributed by atoms with Gasteiger partial charge in [0.25, 0.3) is 0 Å². The molecule has 1 amide bonds. The van der Waals surface area contributed by atoms with Crippen molar-refractivity contribution in [1.29, 1.82) is 0 Å². The number of amides is 1. The Morgan fingerprint density at radius 1 is 1.17 bits per heavy atom. The lowest BCUT2D eigenvalue weighted by Gasteiger charge is -2.21. The van der Waals surface area contributed by atoms with Gasteiger partial charge < -0.3 is 21.8 Å². The van der Waals surface area contributed by atoms with Crippen molar-refractivity contribution >= 4 is 45.6 Å². The Hall–Kier alpha value is -3.88. The number of hydrazine groups is 1. The number of nitrogens with two attached hydrogens (primary N) is 2. The molecule has 1 unspecified atom stereocenters. The minimum atomic E-state index is -0.620. The van der Waals surface area contributed by atoms with E-state index in [9.17, 15) is 4.79 Å². The Bertz CT molecular complexity index is 1430. The molecule has 3 heterocycles. The van der Waals surface area contributed by atoms with Gasteiger partial charge >= 0.3 is 0 Å². The molecule has 0 spiro atoms. The van der Waals surface area contributed by atoms with Crippen LogP contribution < -0.4 is 27.2 Å². The number of pyridine rings is 2. The predicted octanol–water partition coefficient (Wildman–Crippen LogP) is 3.95. The smallest absolute Gasteiger partial charge is 0.243 e. The van der Waals surface area contributed by atoms with Crippen LogP contribution in [0.2, 0.25) is 5.02 Å². The predicted molar refractivity (Wildman–Crippen MR) is 140 cm³/mol. The number of hydrogen-bond donors (Lipinski definition) is 4. The van der Waals surface area contributed by atoms with E-state index in [1.807, 2.05) is 61.3 Å². The number of nitrogens with one attached hydrogen (secondary N) is 2. The Morgan fingerprint density at radius 3 is 2.80 bits per heavy atom. The highest BCUT2D eigenvalue weighted by molar-refractivity contribution is 6.31. The second kappa shape index (κ2) is 9.05. The van der Waals surface area contributed by atoms with Gasteiger partial charge in [-0.05, 0) is 66.9 Å². The van der Waals surface area contributed by atoms with Crippen LogP contribution in [0.25, 0.3) is 10.9 Å². The van der Waals surface area contributed by atoms with E-state index in [4.69, 9.17) is 23.1 Å². The van der Waals surface area contributed by atoms with E-state index < -0.39 is 6.04 Å². The highest BCUT2D eigenvalue weighted by Crippen LogP contribution is 2.38. The summed E-state index contributed by atoms with van der Waals surface area (Å²) in [4.78, 5) is 22.0. The van der Waals surface area contributed by atoms with E-state index in [0.29, 0.717) is 29.6 Å². The van der Waals surface area contributed by atoms with Gasteiger partial charge in [0.2, 0.25) is 5.91 Å². The molecular weight excluding hydrogens is 462 g/mol. The molecule has 1 aliphatic heterocycles. The number of carbonyl (C=O) groups excluding carboxylic acids is 1. The van der Waals surface area contributed by atoms with Crippen LogP contribution in [0.5, 0.6) is 0 Å². The molecule has 5 rings (SSSR count). The van der Waals surface area contributed by atoms with Crippen molar-refractivity contribution in [1.82, 2.24) is 20.7 Å². The number of anilines is 3. The summed E-state index contributed by atoms with van der Waals surface area (Å²) in [5.74, 6) is 0.299. The number of halogens is 1. The number of hydrogen-bond acceptors (Lipinski definition) is 7. The Kier molecular flexibility index (Phi) is 5.92. The molecule has 1 aliphatic rings. The summed E-state index contributed by atoms with van der Waals surface area (Å²) in [7, 11) is 0. The van der Waals surface area contributed by atoms with Crippen LogP contribution in [-0.4, -0.2) is 15.9 Å². The molecular formula is C26H26ClN7O. The molecule has 178 valence electrons. The Balaban J connectivity index is 1.38. The number of fused-ring (bicyclic) bond motifs is 2. The van der Waals surface area contributed by atoms with Gasteiger partial charge in [0.05, 0.1) is 22.8 Å². The van der Waals surface area contributed by atoms with E-state index in [0.717, 1.165) is 44.5 Å². The first-order valence-electron chi connectivity index (χ1n) is 11.3. The molecule has 0 aliphatic carbocycles. The molecule has 35 heavy (non-hydrogen) atoms. The molecule has 8 nitrogen and oxygen atoms in total. The fourth-order valence-corrected chi connectivity index (χ4v) is 4.76. The average molecular weight is 488 g/mol. The van der Waals surface area contributed by atoms with Crippen LogP contribution in [0.1, 0.15) is 34.0 Å². The second-order valence-electron chi connectivity index (χ2n) is 8.75. The summed E-state index contributed by atoms with van der Waals surface area (Å²) < 4.78 is 0. The lowest BCUT2D eigenvalue weighted by atomic mass is 10.0. The second-order valence-corrected chi connectivity index (χ2v) is 9.19. The van der Waals surface area contributed by atoms with Gasteiger partial charge in [-0.2, -0.15) is 0 Å². The summed E-state index contributed by atoms with van der Waals surface area (Å²) in [6.45, 7) is 4.73. The van der Waals surface area contributed by atoms with Crippen molar-refractivity contribution in [2.75, 3.05) is 16.5 Å². The third-order valence-electron chi connectivity index (χ3n) is 6.31. The van der Waals surface area contributed by atoms with Gasteiger partial charge in [-0.3, -0.25) is 9.78 Å². The molecule has 6 N–H and O–H groups in total. The van der Waals surface area contributed by atoms with Crippen molar-refractivity contribution in [3.63, 3.8) is 0 Å². The third kappa shape index (κ3) is 4.45. The minimum Gasteiger partial charge on any atom is -0.398 e. The molecule has 2 aromatic heterocycles. The lowest BCUT2D eigenvalue weighted by molar-refractivity contribution is -0.123. The molecule has 0 fully saturated rings. The molecule has 9 heteroatoms. The molecule has 0 bridgehead atoms. The largest absolute Gasteiger partial charge is 0.398 e. The summed E-state index contributed by atoms with van der Waals surface area (Å²) in [6, 6.07) is 14.8. The van der Waals surface area contributed by atoms with Crippen LogP contribution in [0, 0.1) is 13.8 Å². The molecule has 0 saturated heterocycles. The summed E-state index contributed by atoms with van der Waals surface area (Å²) in [6.07, 6.45) is 1.64. The van der Waals surface area contributed by atoms with Gasteiger partial charge in [-0.25, -0.2) is 10.4 Å². The van der Waals surface area contributed by atoms with E-state index in [1.54, 1.807) is 6.20 Å². The topological polar surface area (TPSA) is 122 Å². The van der Waals surface area contributed by atoms with Crippen molar-refractivity contribution in [2.24, 2.45) is 0 Å². The summed E-state index contributed by atoms with van der Waals surface area (Å²) in [5.41, 5.74) is 22.4. The first-order valence-corrected chi connectivity index (χ1v) is 11.6. The summed E-state index contributed by atoms with van der Waals surface area (Å²) in [5, 5.41) is 6.54. The Labute approximate surface area is 208 Å². The molecule has 0 saturated carbocycles. The van der Waals surface area contributed by atoms with Crippen LogP contribution in [0.4, 0.5) is 17.2 Å². The zero-order chi connectivity index (χ0) is 24.7. The molecule has 4 aromatic rings. The van der Waals surface area contributed by atoms with Crippen LogP contribution >= 0.6 is 11.6 Å². The van der Waals surface area contributed by atoms with Crippen molar-refractivity contribution in [2.45, 2.75) is 33.0 Å². The molecule has 1 atom stereocenters. The van der Waals surface area contributed by atoms with Crippen LogP contribution in [0.3, 0.4) is 0 Å². The van der Waals surface area contributed by atoms with Gasteiger partial charge in [0.1, 0.15) is 11.9 Å². The number of nitrogens with zero attached hydrogens (tertiary/aromatic N) is 3. The maximum absolute atomic E-state index is 13.3. The van der Waals surface area contributed by atoms with Crippen LogP contribution in [-0.2, 0) is 17.9 Å². The first kappa shape index (κ1) is 22.9. The monoisotopic (exact) mass is 487 g/mol. The number of aryl methyl sites for hydroxylation is 2. The van der Waals surface area contributed by atoms with Gasteiger partial charge in [-0.1, -0.05) is 23.7 Å².